The molecule has 2 heterocycles. The van der Waals surface area contributed by atoms with E-state index in [1.54, 1.807) is 17.6 Å². The molecular weight excluding hydrogens is 342 g/mol. The van der Waals surface area contributed by atoms with Gasteiger partial charge in [-0.25, -0.2) is 10.5 Å². The van der Waals surface area contributed by atoms with E-state index < -0.39 is 5.91 Å². The minimum Gasteiger partial charge on any atom is -0.338 e. The lowest BCUT2D eigenvalue weighted by Crippen LogP contribution is -2.38. The summed E-state index contributed by atoms with van der Waals surface area (Å²) in [7, 11) is 0. The molecule has 2 aromatic rings. The molecule has 1 aliphatic heterocycles. The van der Waals surface area contributed by atoms with Crippen LogP contribution in [0.15, 0.2) is 36.4 Å². The Hall–Kier alpha value is -2.73. The Morgan fingerprint density at radius 2 is 1.93 bits per heavy atom. The molecule has 142 valence electrons. The second-order valence-electron chi connectivity index (χ2n) is 7.89. The molecule has 27 heavy (non-hydrogen) atoms. The number of rotatable bonds is 3. The molecule has 1 aromatic carbocycles. The largest absolute Gasteiger partial charge is 0.338 e. The number of nitrogens with zero attached hydrogens (tertiary/aromatic N) is 2. The van der Waals surface area contributed by atoms with Crippen LogP contribution in [0.2, 0.25) is 0 Å². The number of benzene rings is 1. The lowest BCUT2D eigenvalue weighted by Gasteiger charge is -2.29. The Kier molecular flexibility index (Phi) is 5.28. The van der Waals surface area contributed by atoms with E-state index in [0.29, 0.717) is 25.9 Å². The van der Waals surface area contributed by atoms with E-state index in [-0.39, 0.29) is 17.0 Å². The maximum Gasteiger partial charge on any atom is 0.293 e. The van der Waals surface area contributed by atoms with Crippen molar-refractivity contribution in [3.8, 4) is 0 Å². The fourth-order valence-corrected chi connectivity index (χ4v) is 3.49. The van der Waals surface area contributed by atoms with Gasteiger partial charge >= 0.3 is 0 Å². The van der Waals surface area contributed by atoms with Crippen LogP contribution in [0.1, 0.15) is 53.6 Å². The number of amides is 2. The summed E-state index contributed by atoms with van der Waals surface area (Å²) >= 11 is 0. The molecule has 6 heteroatoms. The quantitative estimate of drug-likeness (QED) is 0.645. The van der Waals surface area contributed by atoms with E-state index in [1.165, 1.54) is 5.56 Å². The normalized spacial score (nSPS) is 13.9. The van der Waals surface area contributed by atoms with Gasteiger partial charge in [-0.15, -0.1) is 0 Å². The highest BCUT2D eigenvalue weighted by Gasteiger charge is 2.25. The first-order valence-electron chi connectivity index (χ1n) is 9.09. The topological polar surface area (TPSA) is 82.5 Å². The van der Waals surface area contributed by atoms with Gasteiger partial charge < -0.3 is 4.90 Å². The SMILES string of the molecule is CC(C)(C)c1ccccc1CC(=O)N1CCc2nc(C(=O)NO)ccc2C1. The van der Waals surface area contributed by atoms with Crippen molar-refractivity contribution in [3.05, 3.63) is 64.5 Å². The van der Waals surface area contributed by atoms with Gasteiger partial charge in [0.05, 0.1) is 6.42 Å². The molecule has 0 saturated carbocycles. The fourth-order valence-electron chi connectivity index (χ4n) is 3.49. The molecule has 2 amide bonds. The van der Waals surface area contributed by atoms with Crippen LogP contribution in [0.4, 0.5) is 0 Å². The zero-order chi connectivity index (χ0) is 19.6. The van der Waals surface area contributed by atoms with Gasteiger partial charge in [0.15, 0.2) is 0 Å². The van der Waals surface area contributed by atoms with Gasteiger partial charge in [-0.2, -0.15) is 0 Å². The van der Waals surface area contributed by atoms with E-state index in [2.05, 4.69) is 31.8 Å². The highest BCUT2D eigenvalue weighted by molar-refractivity contribution is 5.91. The molecule has 0 unspecified atom stereocenters. The smallest absolute Gasteiger partial charge is 0.293 e. The van der Waals surface area contributed by atoms with Crippen LogP contribution in [0.25, 0.3) is 0 Å². The summed E-state index contributed by atoms with van der Waals surface area (Å²) in [5.41, 5.74) is 5.75. The third kappa shape index (κ3) is 4.17. The first kappa shape index (κ1) is 19.0. The molecule has 0 fully saturated rings. The molecule has 1 aromatic heterocycles. The van der Waals surface area contributed by atoms with E-state index >= 15 is 0 Å². The van der Waals surface area contributed by atoms with Crippen LogP contribution in [0, 0.1) is 0 Å². The number of nitrogens with one attached hydrogen (secondary N) is 1. The molecule has 1 aliphatic rings. The Balaban J connectivity index is 1.75. The minimum absolute atomic E-state index is 0.0149. The predicted octanol–water partition coefficient (Wildman–Crippen LogP) is 2.63. The Labute approximate surface area is 159 Å². The molecule has 3 rings (SSSR count). The maximum absolute atomic E-state index is 12.9. The lowest BCUT2D eigenvalue weighted by molar-refractivity contribution is -0.131. The first-order valence-corrected chi connectivity index (χ1v) is 9.09. The van der Waals surface area contributed by atoms with Gasteiger partial charge in [0, 0.05) is 25.2 Å². The molecule has 0 bridgehead atoms. The Morgan fingerprint density at radius 3 is 2.63 bits per heavy atom. The fraction of sp³-hybridized carbons (Fsp3) is 0.381. The van der Waals surface area contributed by atoms with E-state index in [9.17, 15) is 9.59 Å². The highest BCUT2D eigenvalue weighted by atomic mass is 16.5. The number of hydrogen-bond donors (Lipinski definition) is 2. The van der Waals surface area contributed by atoms with Crippen molar-refractivity contribution in [3.63, 3.8) is 0 Å². The van der Waals surface area contributed by atoms with Crippen LogP contribution >= 0.6 is 0 Å². The molecule has 0 atom stereocenters. The van der Waals surface area contributed by atoms with Crippen molar-refractivity contribution in [2.45, 2.75) is 45.6 Å². The standard InChI is InChI=1S/C21H25N3O3/c1-21(2,3)16-7-5-4-6-14(16)12-19(25)24-11-10-17-15(13-24)8-9-18(22-17)20(26)23-27/h4-9,27H,10-13H2,1-3H3,(H,23,26). The van der Waals surface area contributed by atoms with E-state index in [1.807, 2.05) is 23.1 Å². The van der Waals surface area contributed by atoms with Crippen molar-refractivity contribution in [2.75, 3.05) is 6.54 Å². The van der Waals surface area contributed by atoms with Gasteiger partial charge in [-0.1, -0.05) is 51.1 Å². The molecule has 0 radical (unpaired) electrons. The van der Waals surface area contributed by atoms with Gasteiger partial charge in [0.2, 0.25) is 5.91 Å². The average molecular weight is 367 g/mol. The third-order valence-electron chi connectivity index (χ3n) is 4.90. The highest BCUT2D eigenvalue weighted by Crippen LogP contribution is 2.27. The summed E-state index contributed by atoms with van der Waals surface area (Å²) in [5, 5.41) is 8.73. The summed E-state index contributed by atoms with van der Waals surface area (Å²) < 4.78 is 0. The zero-order valence-electron chi connectivity index (χ0n) is 16.0. The van der Waals surface area contributed by atoms with E-state index in [0.717, 1.165) is 16.8 Å². The van der Waals surface area contributed by atoms with Crippen molar-refractivity contribution < 1.29 is 14.8 Å². The van der Waals surface area contributed by atoms with Crippen LogP contribution in [-0.4, -0.2) is 33.5 Å². The van der Waals surface area contributed by atoms with E-state index in [4.69, 9.17) is 5.21 Å². The molecular formula is C21H25N3O3. The van der Waals surface area contributed by atoms with Gasteiger partial charge in [-0.3, -0.25) is 14.8 Å². The van der Waals surface area contributed by atoms with Crippen LogP contribution < -0.4 is 5.48 Å². The van der Waals surface area contributed by atoms with Crippen molar-refractivity contribution >= 4 is 11.8 Å². The molecule has 0 aliphatic carbocycles. The summed E-state index contributed by atoms with van der Waals surface area (Å²) in [5.74, 6) is -0.537. The first-order chi connectivity index (χ1) is 12.8. The number of aromatic nitrogens is 1. The number of fused-ring (bicyclic) bond motifs is 1. The number of carbonyl (C=O) groups is 2. The van der Waals surface area contributed by atoms with Crippen LogP contribution in [-0.2, 0) is 29.6 Å². The predicted molar refractivity (Wildman–Crippen MR) is 101 cm³/mol. The third-order valence-corrected chi connectivity index (χ3v) is 4.90. The maximum atomic E-state index is 12.9. The molecule has 0 saturated heterocycles. The van der Waals surface area contributed by atoms with Gasteiger partial charge in [-0.05, 0) is 28.2 Å². The van der Waals surface area contributed by atoms with Gasteiger partial charge in [0.1, 0.15) is 5.69 Å². The monoisotopic (exact) mass is 367 g/mol. The summed E-state index contributed by atoms with van der Waals surface area (Å²) in [6, 6.07) is 11.5. The summed E-state index contributed by atoms with van der Waals surface area (Å²) in [6.07, 6.45) is 0.968. The number of carbonyl (C=O) groups excluding carboxylic acids is 2. The van der Waals surface area contributed by atoms with Gasteiger partial charge in [0.25, 0.3) is 5.91 Å². The minimum atomic E-state index is -0.630. The average Bonchev–Trinajstić information content (AvgIpc) is 2.66. The van der Waals surface area contributed by atoms with Crippen LogP contribution in [0.3, 0.4) is 0 Å². The second-order valence-corrected chi connectivity index (χ2v) is 7.89. The molecule has 2 N–H and O–H groups in total. The number of hydroxylamine groups is 1. The van der Waals surface area contributed by atoms with Crippen LogP contribution in [0.5, 0.6) is 0 Å². The Morgan fingerprint density at radius 1 is 1.19 bits per heavy atom. The molecule has 0 spiro atoms. The van der Waals surface area contributed by atoms with Crippen molar-refractivity contribution in [1.29, 1.82) is 0 Å². The summed E-state index contributed by atoms with van der Waals surface area (Å²) in [6.45, 7) is 7.51. The number of hydrogen-bond acceptors (Lipinski definition) is 4. The second kappa shape index (κ2) is 7.48. The zero-order valence-corrected chi connectivity index (χ0v) is 16.0. The van der Waals surface area contributed by atoms with Crippen molar-refractivity contribution in [2.24, 2.45) is 0 Å². The lowest BCUT2D eigenvalue weighted by atomic mass is 9.83. The Bertz CT molecular complexity index is 871. The van der Waals surface area contributed by atoms with Crippen molar-refractivity contribution in [1.82, 2.24) is 15.4 Å². The number of pyridine rings is 1. The summed E-state index contributed by atoms with van der Waals surface area (Å²) in [4.78, 5) is 30.5. The molecule has 6 nitrogen and oxygen atoms in total.